The number of hydrogen-bond acceptors (Lipinski definition) is 31. The van der Waals surface area contributed by atoms with Gasteiger partial charge in [0.1, 0.15) is 150 Å². The van der Waals surface area contributed by atoms with Crippen LogP contribution >= 0.6 is 0 Å². The van der Waals surface area contributed by atoms with Gasteiger partial charge >= 0.3 is 5.97 Å². The van der Waals surface area contributed by atoms with Crippen LogP contribution in [0.25, 0.3) is 28.4 Å². The number of hydrogen-bond donors (Lipinski definition) is 17. The third-order valence-electron chi connectivity index (χ3n) is 15.0. The highest BCUT2D eigenvalue weighted by Gasteiger charge is 2.55. The summed E-state index contributed by atoms with van der Waals surface area (Å²) in [7, 11) is 0. The number of rotatable bonds is 17. The number of fused-ring (bicyclic) bond motifs is 1. The Morgan fingerprint density at radius 3 is 1.62 bits per heavy atom. The van der Waals surface area contributed by atoms with E-state index in [2.05, 4.69) is 0 Å². The van der Waals surface area contributed by atoms with Gasteiger partial charge in [-0.05, 0) is 61.9 Å². The van der Waals surface area contributed by atoms with Crippen molar-refractivity contribution in [1.29, 1.82) is 0 Å². The molecule has 5 saturated heterocycles. The van der Waals surface area contributed by atoms with Crippen LogP contribution in [-0.4, -0.2) is 266 Å². The molecule has 85 heavy (non-hydrogen) atoms. The highest BCUT2D eigenvalue weighted by atomic mass is 16.8. The molecule has 4 aromatic rings. The Balaban J connectivity index is 0.958. The van der Waals surface area contributed by atoms with Crippen molar-refractivity contribution in [2.24, 2.45) is 0 Å². The zero-order chi connectivity index (χ0) is 61.5. The predicted molar refractivity (Wildman–Crippen MR) is 276 cm³/mol. The minimum atomic E-state index is -2.28. The highest BCUT2D eigenvalue weighted by Crippen LogP contribution is 2.40. The van der Waals surface area contributed by atoms with Crippen LogP contribution in [0.1, 0.15) is 19.4 Å². The number of aliphatic hydroxyl groups is 14. The van der Waals surface area contributed by atoms with Crippen molar-refractivity contribution in [2.75, 3.05) is 19.8 Å². The molecule has 0 aliphatic carbocycles. The summed E-state index contributed by atoms with van der Waals surface area (Å²) >= 11 is 0. The SMILES string of the molecule is C[C@@H]1O[C@H](Oc2cc(O)c3c(=O)c(O[C@H]4O[C@H](COC(=O)/C=C\c5ccc(O)cc5)[C@@H](O[C@H]5O[C@H](CO)[C@@H](O[C@H]6O[C@@H](C)[C@H](O[C@H]7O[C@H](CO)[C@@H](O)[C@H](O)[C@H]7O)[C@@H](O)[C@H]6O)[C@H](O)[C@H]5O)[C@H](O)[C@H]4O)c(-c4ccc(O)cc4)oc3c2)[C@H](O)[C@H](O)[C@H]1O. The molecule has 0 amide bonds. The summed E-state index contributed by atoms with van der Waals surface area (Å²) in [6.45, 7) is 0.0108. The van der Waals surface area contributed by atoms with E-state index in [0.29, 0.717) is 5.56 Å². The number of phenols is 3. The average molecular weight is 1210 g/mol. The summed E-state index contributed by atoms with van der Waals surface area (Å²) < 4.78 is 69.3. The fraction of sp³-hybridized carbons (Fsp3) is 0.556. The van der Waals surface area contributed by atoms with Crippen LogP contribution in [0.4, 0.5) is 0 Å². The Morgan fingerprint density at radius 1 is 0.518 bits per heavy atom. The lowest BCUT2D eigenvalue weighted by Gasteiger charge is -2.49. The monoisotopic (exact) mass is 1210 g/mol. The first-order chi connectivity index (χ1) is 40.4. The Hall–Kier alpha value is -5.80. The highest BCUT2D eigenvalue weighted by molar-refractivity contribution is 5.88. The molecule has 17 N–H and O–H groups in total. The molecule has 5 aliphatic heterocycles. The normalized spacial score (nSPS) is 38.9. The second kappa shape index (κ2) is 26.7. The van der Waals surface area contributed by atoms with Crippen LogP contribution in [0.2, 0.25) is 0 Å². The Bertz CT molecular complexity index is 2980. The minimum Gasteiger partial charge on any atom is -0.508 e. The molecule has 0 spiro atoms. The first-order valence-corrected chi connectivity index (χ1v) is 26.6. The fourth-order valence-electron chi connectivity index (χ4n) is 10.1. The van der Waals surface area contributed by atoms with Gasteiger partial charge in [0.25, 0.3) is 0 Å². The van der Waals surface area contributed by atoms with Crippen molar-refractivity contribution in [3.8, 4) is 40.1 Å². The minimum absolute atomic E-state index is 0.0236. The van der Waals surface area contributed by atoms with Crippen LogP contribution < -0.4 is 14.9 Å². The van der Waals surface area contributed by atoms with Gasteiger partial charge in [-0.3, -0.25) is 4.79 Å². The predicted octanol–water partition coefficient (Wildman–Crippen LogP) is -5.27. The van der Waals surface area contributed by atoms with Gasteiger partial charge < -0.3 is 143 Å². The standard InChI is InChI=1S/C54H66O31/c1-18-32(61)35(64)40(69)50(75-18)77-24-13-25(59)31-26(14-24)78-46(21-6-10-23(58)11-7-21)49(34(31)63)85-54-44(73)39(68)48(29(81-54)17-74-30(60)12-5-20-3-8-22(57)9-4-20)84-53-43(72)38(67)47(28(16-56)80-53)83-51-42(71)37(66)45(19(2)76-51)82-52-41(70)36(65)33(62)27(15-55)79-52/h3-14,18-19,27-29,32-33,35-45,47-48,50-59,61-62,64-73H,15-17H2,1-2H3/b12-5-/t18-,19-,27+,28+,29+,32-,33+,35+,36-,37-,38+,39+,40+,41+,42+,43+,44+,45-,47+,48+,50+,51+,52+,53+,54+/m0/s1. The van der Waals surface area contributed by atoms with E-state index in [9.17, 15) is 96.4 Å². The molecule has 5 aliphatic rings. The van der Waals surface area contributed by atoms with Crippen molar-refractivity contribution in [3.05, 3.63) is 82.5 Å². The van der Waals surface area contributed by atoms with E-state index in [0.717, 1.165) is 18.2 Å². The molecule has 0 saturated carbocycles. The number of carbonyl (C=O) groups is 1. The molecule has 31 nitrogen and oxygen atoms in total. The van der Waals surface area contributed by atoms with Crippen molar-refractivity contribution < 1.29 is 148 Å². The fourth-order valence-corrected chi connectivity index (χ4v) is 10.1. The molecule has 0 bridgehead atoms. The van der Waals surface area contributed by atoms with E-state index in [1.165, 1.54) is 68.5 Å². The molecule has 31 heteroatoms. The topological polar surface area (TPSA) is 493 Å². The molecule has 0 radical (unpaired) electrons. The summed E-state index contributed by atoms with van der Waals surface area (Å²) in [5.41, 5.74) is -1.06. The van der Waals surface area contributed by atoms with Crippen LogP contribution in [0.3, 0.4) is 0 Å². The van der Waals surface area contributed by atoms with E-state index < -0.39 is 207 Å². The number of ether oxygens (including phenoxy) is 11. The van der Waals surface area contributed by atoms with Crippen LogP contribution in [0.5, 0.6) is 28.7 Å². The van der Waals surface area contributed by atoms with Crippen LogP contribution in [-0.2, 0) is 47.4 Å². The summed E-state index contributed by atoms with van der Waals surface area (Å²) in [6.07, 6.45) is -43.1. The van der Waals surface area contributed by atoms with Gasteiger partial charge in [0, 0.05) is 23.8 Å². The van der Waals surface area contributed by atoms with Gasteiger partial charge in [-0.25, -0.2) is 4.79 Å². The number of phenolic OH excluding ortho intramolecular Hbond substituents is 3. The van der Waals surface area contributed by atoms with Crippen LogP contribution in [0, 0.1) is 0 Å². The number of benzene rings is 3. The van der Waals surface area contributed by atoms with Gasteiger partial charge in [0.2, 0.25) is 23.8 Å². The van der Waals surface area contributed by atoms with Crippen molar-refractivity contribution in [1.82, 2.24) is 0 Å². The lowest BCUT2D eigenvalue weighted by atomic mass is 9.95. The first kappa shape index (κ1) is 63.7. The first-order valence-electron chi connectivity index (χ1n) is 26.6. The van der Waals surface area contributed by atoms with Crippen molar-refractivity contribution in [2.45, 2.75) is 167 Å². The largest absolute Gasteiger partial charge is 0.508 e. The zero-order valence-corrected chi connectivity index (χ0v) is 44.8. The average Bonchev–Trinajstić information content (AvgIpc) is 1.56. The van der Waals surface area contributed by atoms with E-state index in [1.54, 1.807) is 0 Å². The van der Waals surface area contributed by atoms with E-state index in [4.69, 9.17) is 56.5 Å². The molecule has 1 aromatic heterocycles. The molecule has 0 unspecified atom stereocenters. The van der Waals surface area contributed by atoms with E-state index in [-0.39, 0.29) is 28.4 Å². The van der Waals surface area contributed by atoms with Gasteiger partial charge in [0.05, 0.1) is 25.4 Å². The summed E-state index contributed by atoms with van der Waals surface area (Å²) in [4.78, 5) is 27.8. The Kier molecular flexibility index (Phi) is 20.0. The van der Waals surface area contributed by atoms with Gasteiger partial charge in [-0.1, -0.05) is 12.1 Å². The number of aliphatic hydroxyl groups excluding tert-OH is 14. The molecular formula is C54H66O31. The maximum Gasteiger partial charge on any atom is 0.330 e. The van der Waals surface area contributed by atoms with Crippen molar-refractivity contribution in [3.63, 3.8) is 0 Å². The maximum absolute atomic E-state index is 14.6. The van der Waals surface area contributed by atoms with Gasteiger partial charge in [-0.15, -0.1) is 0 Å². The second-order valence-corrected chi connectivity index (χ2v) is 20.8. The Labute approximate surface area is 479 Å². The third kappa shape index (κ3) is 13.4. The molecule has 5 fully saturated rings. The zero-order valence-electron chi connectivity index (χ0n) is 44.8. The van der Waals surface area contributed by atoms with E-state index in [1.807, 2.05) is 0 Å². The molecule has 468 valence electrons. The molecule has 3 aromatic carbocycles. The van der Waals surface area contributed by atoms with Gasteiger partial charge in [0.15, 0.2) is 24.6 Å². The van der Waals surface area contributed by atoms with Gasteiger partial charge in [-0.2, -0.15) is 0 Å². The number of esters is 1. The summed E-state index contributed by atoms with van der Waals surface area (Å²) in [5, 5.41) is 182. The number of aromatic hydroxyl groups is 3. The lowest BCUT2D eigenvalue weighted by Crippen LogP contribution is -2.67. The lowest BCUT2D eigenvalue weighted by molar-refractivity contribution is -0.384. The molecule has 9 rings (SSSR count). The number of carbonyl (C=O) groups excluding carboxylic acids is 1. The summed E-state index contributed by atoms with van der Waals surface area (Å²) in [6, 6.07) is 12.7. The van der Waals surface area contributed by atoms with Crippen LogP contribution in [0.15, 0.2) is 76.0 Å². The third-order valence-corrected chi connectivity index (χ3v) is 15.0. The summed E-state index contributed by atoms with van der Waals surface area (Å²) in [5.74, 6) is -3.65. The van der Waals surface area contributed by atoms with Crippen molar-refractivity contribution >= 4 is 23.0 Å². The second-order valence-electron chi connectivity index (χ2n) is 20.8. The maximum atomic E-state index is 14.6. The van der Waals surface area contributed by atoms with E-state index >= 15 is 0 Å². The molecule has 25 atom stereocenters. The molecule has 6 heterocycles. The quantitative estimate of drug-likeness (QED) is 0.0347. The Morgan fingerprint density at radius 2 is 1.00 bits per heavy atom. The molecular weight excluding hydrogens is 1140 g/mol. The smallest absolute Gasteiger partial charge is 0.330 e.